The minimum absolute atomic E-state index is 0.123. The molecule has 39 heavy (non-hydrogen) atoms. The molecule has 0 aliphatic heterocycles. The average Bonchev–Trinajstić information content (AvgIpc) is 3.50. The number of ether oxygens (including phenoxy) is 1. The first-order valence-electron chi connectivity index (χ1n) is 12.2. The van der Waals surface area contributed by atoms with Gasteiger partial charge in [-0.05, 0) is 31.4 Å². The molecule has 1 amide bonds. The maximum absolute atomic E-state index is 14.4. The highest BCUT2D eigenvalue weighted by Crippen LogP contribution is 2.34. The van der Waals surface area contributed by atoms with Crippen LogP contribution in [0.5, 0.6) is 5.75 Å². The number of amides is 1. The molecule has 0 atom stereocenters. The van der Waals surface area contributed by atoms with E-state index >= 15 is 0 Å². The minimum atomic E-state index is -3.26. The molecule has 3 N–H and O–H groups in total. The Morgan fingerprint density at radius 2 is 2.03 bits per heavy atom. The number of sulfone groups is 1. The van der Waals surface area contributed by atoms with Crippen LogP contribution in [0.1, 0.15) is 33.6 Å². The number of rotatable bonds is 10. The van der Waals surface area contributed by atoms with E-state index in [0.29, 0.717) is 22.8 Å². The zero-order valence-corrected chi connectivity index (χ0v) is 21.9. The van der Waals surface area contributed by atoms with E-state index < -0.39 is 15.7 Å². The van der Waals surface area contributed by atoms with Crippen molar-refractivity contribution in [1.29, 1.82) is 0 Å². The lowest BCUT2D eigenvalue weighted by atomic mass is 10.2. The number of primary amides is 1. The van der Waals surface area contributed by atoms with E-state index in [2.05, 4.69) is 20.3 Å². The standard InChI is InChI=1S/C26H26FN7O4S/c1-39(36,37)12-11-38-22-14-30-26(32-25(22)31-20-9-10-29-13-18(20)24(28)35)23-17-6-4-8-21(17)34(33-23)15-16-5-2-3-7-19(16)27/h2-3,5,7,9-10,13-14H,4,6,8,11-12,15H2,1H3,(H2,28,35)(H,29,30,31,32). The predicted octanol–water partition coefficient (Wildman–Crippen LogP) is 2.68. The molecule has 0 saturated carbocycles. The molecule has 1 aromatic carbocycles. The van der Waals surface area contributed by atoms with Gasteiger partial charge in [-0.1, -0.05) is 18.2 Å². The summed E-state index contributed by atoms with van der Waals surface area (Å²) < 4.78 is 45.1. The Labute approximate surface area is 224 Å². The summed E-state index contributed by atoms with van der Waals surface area (Å²) in [6.45, 7) is 0.147. The maximum atomic E-state index is 14.4. The molecule has 202 valence electrons. The van der Waals surface area contributed by atoms with E-state index in [-0.39, 0.29) is 41.9 Å². The largest absolute Gasteiger partial charge is 0.487 e. The summed E-state index contributed by atoms with van der Waals surface area (Å²) in [7, 11) is -3.26. The van der Waals surface area contributed by atoms with Crippen molar-refractivity contribution >= 4 is 27.2 Å². The summed E-state index contributed by atoms with van der Waals surface area (Å²) >= 11 is 0. The van der Waals surface area contributed by atoms with E-state index in [1.807, 2.05) is 0 Å². The van der Waals surface area contributed by atoms with Gasteiger partial charge in [-0.3, -0.25) is 14.5 Å². The second kappa shape index (κ2) is 10.8. The van der Waals surface area contributed by atoms with Crippen molar-refractivity contribution in [2.45, 2.75) is 25.8 Å². The summed E-state index contributed by atoms with van der Waals surface area (Å²) in [6, 6.07) is 8.13. The van der Waals surface area contributed by atoms with Gasteiger partial charge >= 0.3 is 0 Å². The van der Waals surface area contributed by atoms with Crippen LogP contribution in [0, 0.1) is 5.82 Å². The smallest absolute Gasteiger partial charge is 0.252 e. The van der Waals surface area contributed by atoms with Crippen molar-refractivity contribution < 1.29 is 22.3 Å². The second-order valence-electron chi connectivity index (χ2n) is 9.17. The molecular weight excluding hydrogens is 525 g/mol. The van der Waals surface area contributed by atoms with Gasteiger partial charge in [0.25, 0.3) is 5.91 Å². The molecule has 3 heterocycles. The van der Waals surface area contributed by atoms with Gasteiger partial charge in [-0.15, -0.1) is 0 Å². The Balaban J connectivity index is 1.53. The number of benzene rings is 1. The Kier molecular flexibility index (Phi) is 7.24. The van der Waals surface area contributed by atoms with Crippen molar-refractivity contribution in [2.75, 3.05) is 23.9 Å². The molecule has 11 nitrogen and oxygen atoms in total. The van der Waals surface area contributed by atoms with E-state index in [0.717, 1.165) is 36.8 Å². The topological polar surface area (TPSA) is 155 Å². The van der Waals surface area contributed by atoms with Gasteiger partial charge in [0.1, 0.15) is 18.1 Å². The number of nitrogens with two attached hydrogens (primary N) is 1. The molecule has 0 unspecified atom stereocenters. The third-order valence-corrected chi connectivity index (χ3v) is 7.21. The van der Waals surface area contributed by atoms with Crippen molar-refractivity contribution in [2.24, 2.45) is 5.73 Å². The number of carbonyl (C=O) groups is 1. The van der Waals surface area contributed by atoms with Crippen LogP contribution in [0.4, 0.5) is 15.9 Å². The molecule has 0 saturated heterocycles. The summed E-state index contributed by atoms with van der Waals surface area (Å²) in [5.41, 5.74) is 9.06. The number of nitrogens with zero attached hydrogens (tertiary/aromatic N) is 5. The summed E-state index contributed by atoms with van der Waals surface area (Å²) in [4.78, 5) is 25.0. The van der Waals surface area contributed by atoms with Crippen LogP contribution in [0.15, 0.2) is 48.9 Å². The minimum Gasteiger partial charge on any atom is -0.487 e. The number of halogens is 1. The van der Waals surface area contributed by atoms with E-state index in [1.54, 1.807) is 28.9 Å². The van der Waals surface area contributed by atoms with Gasteiger partial charge < -0.3 is 15.8 Å². The number of aromatic nitrogens is 5. The van der Waals surface area contributed by atoms with Crippen LogP contribution in [0.3, 0.4) is 0 Å². The highest BCUT2D eigenvalue weighted by Gasteiger charge is 2.26. The van der Waals surface area contributed by atoms with Crippen LogP contribution in [-0.2, 0) is 29.2 Å². The summed E-state index contributed by atoms with van der Waals surface area (Å²) in [5.74, 6) is -0.529. The van der Waals surface area contributed by atoms with Crippen LogP contribution in [0.2, 0.25) is 0 Å². The van der Waals surface area contributed by atoms with E-state index in [1.165, 1.54) is 24.7 Å². The SMILES string of the molecule is CS(=O)(=O)CCOc1cnc(-c2nn(Cc3ccccc3F)c3c2CCC3)nc1Nc1ccncc1C(N)=O. The van der Waals surface area contributed by atoms with Gasteiger partial charge in [0, 0.05) is 35.5 Å². The molecule has 3 aromatic heterocycles. The van der Waals surface area contributed by atoms with Crippen molar-refractivity contribution in [3.05, 3.63) is 77.1 Å². The Morgan fingerprint density at radius 3 is 2.79 bits per heavy atom. The number of anilines is 2. The third kappa shape index (κ3) is 5.87. The predicted molar refractivity (Wildman–Crippen MR) is 142 cm³/mol. The van der Waals surface area contributed by atoms with Crippen molar-refractivity contribution in [3.8, 4) is 17.3 Å². The van der Waals surface area contributed by atoms with Crippen LogP contribution < -0.4 is 15.8 Å². The lowest BCUT2D eigenvalue weighted by Crippen LogP contribution is -2.15. The zero-order chi connectivity index (χ0) is 27.6. The van der Waals surface area contributed by atoms with Gasteiger partial charge in [0.2, 0.25) is 0 Å². The fourth-order valence-corrected chi connectivity index (χ4v) is 4.80. The highest BCUT2D eigenvalue weighted by atomic mass is 32.2. The summed E-state index contributed by atoms with van der Waals surface area (Å²) in [5, 5.41) is 7.80. The molecule has 13 heteroatoms. The molecule has 4 aromatic rings. The first-order chi connectivity index (χ1) is 18.7. The van der Waals surface area contributed by atoms with Gasteiger partial charge in [0.15, 0.2) is 27.2 Å². The fraction of sp³-hybridized carbons (Fsp3) is 0.269. The lowest BCUT2D eigenvalue weighted by molar-refractivity contribution is 0.100. The molecule has 0 bridgehead atoms. The maximum Gasteiger partial charge on any atom is 0.252 e. The number of hydrogen-bond acceptors (Lipinski definition) is 9. The van der Waals surface area contributed by atoms with Crippen LogP contribution >= 0.6 is 0 Å². The Bertz CT molecular complexity index is 1660. The molecule has 1 aliphatic carbocycles. The first-order valence-corrected chi connectivity index (χ1v) is 14.3. The quantitative estimate of drug-likeness (QED) is 0.303. The highest BCUT2D eigenvalue weighted by molar-refractivity contribution is 7.90. The Morgan fingerprint density at radius 1 is 1.21 bits per heavy atom. The van der Waals surface area contributed by atoms with Crippen molar-refractivity contribution in [3.63, 3.8) is 0 Å². The molecule has 0 spiro atoms. The normalized spacial score (nSPS) is 12.8. The number of nitrogens with one attached hydrogen (secondary N) is 1. The molecular formula is C26H26FN7O4S. The number of pyridine rings is 1. The van der Waals surface area contributed by atoms with E-state index in [9.17, 15) is 17.6 Å². The van der Waals surface area contributed by atoms with E-state index in [4.69, 9.17) is 15.6 Å². The van der Waals surface area contributed by atoms with Crippen LogP contribution in [-0.4, -0.2) is 57.7 Å². The molecule has 0 fully saturated rings. The third-order valence-electron chi connectivity index (χ3n) is 6.30. The zero-order valence-electron chi connectivity index (χ0n) is 21.1. The van der Waals surface area contributed by atoms with Crippen molar-refractivity contribution in [1.82, 2.24) is 24.7 Å². The number of fused-ring (bicyclic) bond motifs is 1. The fourth-order valence-electron chi connectivity index (χ4n) is 4.42. The van der Waals surface area contributed by atoms with Gasteiger partial charge in [0.05, 0.1) is 29.7 Å². The molecule has 5 rings (SSSR count). The molecule has 1 aliphatic rings. The first kappa shape index (κ1) is 26.2. The average molecular weight is 552 g/mol. The van der Waals surface area contributed by atoms with Crippen LogP contribution in [0.25, 0.3) is 11.5 Å². The molecule has 0 radical (unpaired) electrons. The number of carbonyl (C=O) groups excluding carboxylic acids is 1. The Hall–Kier alpha value is -4.39. The second-order valence-corrected chi connectivity index (χ2v) is 11.4. The monoisotopic (exact) mass is 551 g/mol. The number of hydrogen-bond donors (Lipinski definition) is 2. The van der Waals surface area contributed by atoms with Gasteiger partial charge in [-0.2, -0.15) is 5.10 Å². The van der Waals surface area contributed by atoms with Gasteiger partial charge in [-0.25, -0.2) is 22.8 Å². The summed E-state index contributed by atoms with van der Waals surface area (Å²) in [6.07, 6.45) is 7.85. The lowest BCUT2D eigenvalue weighted by Gasteiger charge is -2.14.